The van der Waals surface area contributed by atoms with Gasteiger partial charge in [-0.25, -0.2) is 4.98 Å². The van der Waals surface area contributed by atoms with Crippen LogP contribution >= 0.6 is 0 Å². The van der Waals surface area contributed by atoms with Gasteiger partial charge in [-0.2, -0.15) is 0 Å². The van der Waals surface area contributed by atoms with Gasteiger partial charge >= 0.3 is 17.8 Å². The van der Waals surface area contributed by atoms with Crippen LogP contribution in [0.3, 0.4) is 0 Å². The third-order valence-corrected chi connectivity index (χ3v) is 5.41. The molecule has 3 aromatic heterocycles. The summed E-state index contributed by atoms with van der Waals surface area (Å²) >= 11 is 0. The van der Waals surface area contributed by atoms with Crippen LogP contribution in [0.25, 0.3) is 11.0 Å². The van der Waals surface area contributed by atoms with Crippen LogP contribution in [0.1, 0.15) is 46.7 Å². The highest BCUT2D eigenvalue weighted by molar-refractivity contribution is 5.90. The summed E-state index contributed by atoms with van der Waals surface area (Å²) in [4.78, 5) is 21.9. The number of aromatic nitrogens is 4. The molecule has 2 aliphatic rings. The molecule has 0 saturated heterocycles. The number of benzene rings is 1. The van der Waals surface area contributed by atoms with Crippen LogP contribution in [0.5, 0.6) is 0 Å². The molecule has 1 aliphatic carbocycles. The van der Waals surface area contributed by atoms with Crippen LogP contribution in [0.15, 0.2) is 45.5 Å². The van der Waals surface area contributed by atoms with E-state index < -0.39 is 0 Å². The van der Waals surface area contributed by atoms with Crippen molar-refractivity contribution in [2.24, 2.45) is 0 Å². The van der Waals surface area contributed by atoms with Crippen LogP contribution in [-0.2, 0) is 6.42 Å². The van der Waals surface area contributed by atoms with Gasteiger partial charge in [0.05, 0.1) is 12.0 Å². The van der Waals surface area contributed by atoms with E-state index in [9.17, 15) is 4.79 Å². The number of carbonyl (C=O) groups is 1. The summed E-state index contributed by atoms with van der Waals surface area (Å²) in [6.07, 6.45) is 4.42. The van der Waals surface area contributed by atoms with E-state index in [4.69, 9.17) is 8.83 Å². The molecule has 1 fully saturated rings. The average molecular weight is 390 g/mol. The number of anilines is 1. The lowest BCUT2D eigenvalue weighted by Gasteiger charge is -2.31. The van der Waals surface area contributed by atoms with Crippen molar-refractivity contribution in [2.75, 3.05) is 11.4 Å². The Morgan fingerprint density at radius 3 is 2.97 bits per heavy atom. The predicted molar refractivity (Wildman–Crippen MR) is 102 cm³/mol. The van der Waals surface area contributed by atoms with Crippen molar-refractivity contribution in [2.45, 2.75) is 31.3 Å². The minimum Gasteiger partial charge on any atom is -0.458 e. The lowest BCUT2D eigenvalue weighted by atomic mass is 10.0. The minimum atomic E-state index is -0.330. The second-order valence-electron chi connectivity index (χ2n) is 7.44. The Kier molecular flexibility index (Phi) is 3.49. The molecular weight excluding hydrogens is 372 g/mol. The number of nitrogens with zero attached hydrogens (tertiary/aromatic N) is 4. The quantitative estimate of drug-likeness (QED) is 0.551. The predicted octanol–water partition coefficient (Wildman–Crippen LogP) is 2.58. The number of fused-ring (bicyclic) bond motifs is 2. The highest BCUT2D eigenvalue weighted by Gasteiger charge is 2.37. The zero-order valence-corrected chi connectivity index (χ0v) is 15.5. The van der Waals surface area contributed by atoms with Crippen LogP contribution in [0.2, 0.25) is 0 Å². The molecule has 9 heteroatoms. The summed E-state index contributed by atoms with van der Waals surface area (Å²) < 4.78 is 11.9. The van der Waals surface area contributed by atoms with Gasteiger partial charge in [-0.3, -0.25) is 4.79 Å². The standard InChI is InChI=1S/C20H18N6O3/c27-18(23-12-5-6-12)19-24-25-20(29-19)26-8-7-13-16(22-10-21-13)17(26)15-9-11-3-1-2-4-14(11)28-15/h1-4,9-10,12,17H,5-8H2,(H,21,22)(H,23,27)/t17-/m1/s1. The molecule has 146 valence electrons. The number of rotatable bonds is 4. The van der Waals surface area contributed by atoms with Gasteiger partial charge in [-0.05, 0) is 25.0 Å². The van der Waals surface area contributed by atoms with E-state index in [0.29, 0.717) is 6.54 Å². The molecular formula is C20H18N6O3. The molecule has 1 amide bonds. The number of para-hydroxylation sites is 1. The summed E-state index contributed by atoms with van der Waals surface area (Å²) in [5, 5.41) is 12.0. The fourth-order valence-electron chi connectivity index (χ4n) is 3.81. The van der Waals surface area contributed by atoms with Gasteiger partial charge < -0.3 is 24.0 Å². The van der Waals surface area contributed by atoms with Crippen LogP contribution in [-0.4, -0.2) is 38.7 Å². The van der Waals surface area contributed by atoms with Crippen molar-refractivity contribution in [1.29, 1.82) is 0 Å². The maximum atomic E-state index is 12.3. The van der Waals surface area contributed by atoms with Crippen molar-refractivity contribution < 1.29 is 13.6 Å². The van der Waals surface area contributed by atoms with Crippen LogP contribution in [0.4, 0.5) is 6.01 Å². The van der Waals surface area contributed by atoms with Crippen molar-refractivity contribution in [1.82, 2.24) is 25.5 Å². The molecule has 0 bridgehead atoms. The maximum absolute atomic E-state index is 12.3. The van der Waals surface area contributed by atoms with Gasteiger partial charge in [0.1, 0.15) is 17.4 Å². The van der Waals surface area contributed by atoms with Crippen LogP contribution in [0, 0.1) is 0 Å². The minimum absolute atomic E-state index is 0.0249. The summed E-state index contributed by atoms with van der Waals surface area (Å²) in [6.45, 7) is 0.628. The van der Waals surface area contributed by atoms with Gasteiger partial charge in [-0.1, -0.05) is 23.3 Å². The molecule has 0 unspecified atom stereocenters. The lowest BCUT2D eigenvalue weighted by molar-refractivity contribution is 0.0916. The molecule has 1 aromatic carbocycles. The molecule has 6 rings (SSSR count). The van der Waals surface area contributed by atoms with E-state index in [-0.39, 0.29) is 29.9 Å². The number of amides is 1. The summed E-state index contributed by atoms with van der Waals surface area (Å²) in [7, 11) is 0. The maximum Gasteiger partial charge on any atom is 0.319 e. The van der Waals surface area contributed by atoms with Crippen molar-refractivity contribution in [3.63, 3.8) is 0 Å². The fourth-order valence-corrected chi connectivity index (χ4v) is 3.81. The molecule has 0 radical (unpaired) electrons. The number of nitrogens with one attached hydrogen (secondary N) is 2. The third-order valence-electron chi connectivity index (χ3n) is 5.41. The molecule has 2 N–H and O–H groups in total. The number of H-pyrrole nitrogens is 1. The Hall–Kier alpha value is -3.62. The average Bonchev–Trinajstić information content (AvgIpc) is 3.18. The van der Waals surface area contributed by atoms with E-state index in [0.717, 1.165) is 47.4 Å². The molecule has 1 saturated carbocycles. The summed E-state index contributed by atoms with van der Waals surface area (Å²) in [5.74, 6) is 0.383. The Morgan fingerprint density at radius 1 is 1.21 bits per heavy atom. The molecule has 4 heterocycles. The van der Waals surface area contributed by atoms with E-state index in [1.807, 2.05) is 35.2 Å². The fraction of sp³-hybridized carbons (Fsp3) is 0.300. The van der Waals surface area contributed by atoms with E-state index in [2.05, 4.69) is 25.5 Å². The van der Waals surface area contributed by atoms with Crippen molar-refractivity contribution in [3.8, 4) is 0 Å². The van der Waals surface area contributed by atoms with Gasteiger partial charge in [0, 0.05) is 30.1 Å². The van der Waals surface area contributed by atoms with E-state index in [1.54, 1.807) is 6.33 Å². The topological polar surface area (TPSA) is 113 Å². The smallest absolute Gasteiger partial charge is 0.319 e. The SMILES string of the molecule is O=C(NC1CC1)c1nnc(N2CCc3[nH]cnc3[C@H]2c2cc3ccccc3o2)o1. The van der Waals surface area contributed by atoms with Crippen LogP contribution < -0.4 is 10.2 Å². The highest BCUT2D eigenvalue weighted by atomic mass is 16.4. The first-order chi connectivity index (χ1) is 14.3. The summed E-state index contributed by atoms with van der Waals surface area (Å²) in [6, 6.07) is 10.1. The van der Waals surface area contributed by atoms with Gasteiger partial charge in [0.2, 0.25) is 0 Å². The first-order valence-corrected chi connectivity index (χ1v) is 9.68. The Morgan fingerprint density at radius 2 is 2.10 bits per heavy atom. The molecule has 1 atom stereocenters. The summed E-state index contributed by atoms with van der Waals surface area (Å²) in [5.41, 5.74) is 2.72. The van der Waals surface area contributed by atoms with Gasteiger partial charge in [0.25, 0.3) is 0 Å². The largest absolute Gasteiger partial charge is 0.458 e. The lowest BCUT2D eigenvalue weighted by Crippen LogP contribution is -2.36. The highest BCUT2D eigenvalue weighted by Crippen LogP contribution is 2.38. The number of furan rings is 1. The molecule has 1 aliphatic heterocycles. The number of aromatic amines is 1. The zero-order valence-electron chi connectivity index (χ0n) is 15.5. The second kappa shape index (κ2) is 6.20. The van der Waals surface area contributed by atoms with E-state index in [1.165, 1.54) is 0 Å². The third kappa shape index (κ3) is 2.77. The van der Waals surface area contributed by atoms with Gasteiger partial charge in [0.15, 0.2) is 0 Å². The van der Waals surface area contributed by atoms with Crippen molar-refractivity contribution in [3.05, 3.63) is 59.7 Å². The van der Waals surface area contributed by atoms with Crippen molar-refractivity contribution >= 4 is 22.9 Å². The Labute approximate surface area is 165 Å². The Balaban J connectivity index is 1.39. The first kappa shape index (κ1) is 16.3. The molecule has 29 heavy (non-hydrogen) atoms. The molecule has 0 spiro atoms. The van der Waals surface area contributed by atoms with Gasteiger partial charge in [-0.15, -0.1) is 5.10 Å². The first-order valence-electron chi connectivity index (χ1n) is 9.68. The number of imidazole rings is 1. The zero-order chi connectivity index (χ0) is 19.4. The molecule has 4 aromatic rings. The number of hydrogen-bond acceptors (Lipinski definition) is 7. The van der Waals surface area contributed by atoms with E-state index >= 15 is 0 Å². The normalized spacial score (nSPS) is 18.8. The number of carbonyl (C=O) groups excluding carboxylic acids is 1. The number of hydrogen-bond donors (Lipinski definition) is 2. The molecule has 9 nitrogen and oxygen atoms in total. The monoisotopic (exact) mass is 390 g/mol. The second-order valence-corrected chi connectivity index (χ2v) is 7.44. The Bertz CT molecular complexity index is 1170.